The predicted molar refractivity (Wildman–Crippen MR) is 173 cm³/mol. The van der Waals surface area contributed by atoms with Gasteiger partial charge in [-0.3, -0.25) is 4.79 Å². The van der Waals surface area contributed by atoms with Gasteiger partial charge in [-0.2, -0.15) is 0 Å². The highest BCUT2D eigenvalue weighted by Crippen LogP contribution is 2.37. The molecular formula is C33H33FN6O2S2. The molecule has 3 aromatic heterocycles. The molecule has 0 radical (unpaired) electrons. The Labute approximate surface area is 264 Å². The molecule has 5 aromatic rings. The van der Waals surface area contributed by atoms with Crippen LogP contribution in [0.2, 0.25) is 0 Å². The van der Waals surface area contributed by atoms with Crippen molar-refractivity contribution in [1.82, 2.24) is 25.2 Å². The molecule has 3 heterocycles. The molecule has 44 heavy (non-hydrogen) atoms. The van der Waals surface area contributed by atoms with Crippen LogP contribution in [0.25, 0.3) is 0 Å². The number of amides is 1. The number of aromatic nitrogens is 3. The number of halogens is 1. The van der Waals surface area contributed by atoms with E-state index < -0.39 is 17.1 Å². The Kier molecular flexibility index (Phi) is 10.3. The molecule has 0 bridgehead atoms. The number of thiazole rings is 1. The molecule has 0 atom stereocenters. The maximum absolute atomic E-state index is 15.8. The monoisotopic (exact) mass is 628 g/mol. The van der Waals surface area contributed by atoms with Crippen molar-refractivity contribution in [3.05, 3.63) is 126 Å². The lowest BCUT2D eigenvalue weighted by atomic mass is 9.73. The third-order valence-corrected chi connectivity index (χ3v) is 9.19. The van der Waals surface area contributed by atoms with Gasteiger partial charge in [-0.25, -0.2) is 19.3 Å². The number of aliphatic hydroxyl groups excluding tert-OH is 1. The van der Waals surface area contributed by atoms with Crippen LogP contribution >= 0.6 is 23.1 Å². The second kappa shape index (κ2) is 14.5. The second-order valence-corrected chi connectivity index (χ2v) is 12.7. The lowest BCUT2D eigenvalue weighted by molar-refractivity contribution is 0.0930. The van der Waals surface area contributed by atoms with Crippen LogP contribution in [0.15, 0.2) is 107 Å². The van der Waals surface area contributed by atoms with E-state index in [1.54, 1.807) is 18.5 Å². The van der Waals surface area contributed by atoms with Gasteiger partial charge in [-0.05, 0) is 48.9 Å². The van der Waals surface area contributed by atoms with Crippen molar-refractivity contribution < 1.29 is 14.3 Å². The van der Waals surface area contributed by atoms with Crippen LogP contribution in [0.1, 0.15) is 27.2 Å². The number of likely N-dealkylation sites (N-methyl/N-ethyl adjacent to an activating group) is 1. The molecule has 2 aromatic carbocycles. The topological polar surface area (TPSA) is 103 Å². The number of hydrogen-bond acceptors (Lipinski definition) is 9. The van der Waals surface area contributed by atoms with Gasteiger partial charge in [0.25, 0.3) is 5.91 Å². The average molecular weight is 629 g/mol. The summed E-state index contributed by atoms with van der Waals surface area (Å²) < 4.78 is 16.5. The van der Waals surface area contributed by atoms with Gasteiger partial charge in [-0.15, -0.1) is 0 Å². The van der Waals surface area contributed by atoms with Crippen LogP contribution < -0.4 is 10.6 Å². The fraction of sp³-hybridized carbons (Fsp3) is 0.212. The number of hydrogen-bond donors (Lipinski definition) is 3. The van der Waals surface area contributed by atoms with E-state index in [1.807, 2.05) is 91.7 Å². The van der Waals surface area contributed by atoms with Gasteiger partial charge < -0.3 is 20.6 Å². The number of nitrogens with zero attached hydrogens (tertiary/aromatic N) is 4. The zero-order valence-electron chi connectivity index (χ0n) is 24.4. The summed E-state index contributed by atoms with van der Waals surface area (Å²) in [5.74, 6) is -0.626. The summed E-state index contributed by atoms with van der Waals surface area (Å²) in [6.07, 6.45) is 4.81. The van der Waals surface area contributed by atoms with Crippen LogP contribution in [-0.2, 0) is 5.41 Å². The minimum atomic E-state index is -0.694. The number of rotatable bonds is 13. The summed E-state index contributed by atoms with van der Waals surface area (Å²) in [6.45, 7) is 3.14. The van der Waals surface area contributed by atoms with Gasteiger partial charge in [0.1, 0.15) is 5.82 Å². The summed E-state index contributed by atoms with van der Waals surface area (Å²) in [5, 5.41) is 16.4. The SMILES string of the molecule is Cc1ccnc(Nc2ncc(Sc3ccnc(C(=O)NCC(CN(C)CCO)(c4ccccc4)c4ccccc4)c3F)s2)c1. The summed E-state index contributed by atoms with van der Waals surface area (Å²) in [6, 6.07) is 25.2. The van der Waals surface area contributed by atoms with Crippen LogP contribution in [-0.4, -0.2) is 64.2 Å². The Morgan fingerprint density at radius 3 is 2.34 bits per heavy atom. The lowest BCUT2D eigenvalue weighted by Crippen LogP contribution is -2.49. The molecule has 1 amide bonds. The number of nitrogens with one attached hydrogen (secondary N) is 2. The van der Waals surface area contributed by atoms with Crippen LogP contribution in [0.3, 0.4) is 0 Å². The largest absolute Gasteiger partial charge is 0.395 e. The van der Waals surface area contributed by atoms with E-state index in [0.29, 0.717) is 24.0 Å². The third kappa shape index (κ3) is 7.48. The quantitative estimate of drug-likeness (QED) is 0.148. The van der Waals surface area contributed by atoms with E-state index in [2.05, 4.69) is 25.6 Å². The van der Waals surface area contributed by atoms with E-state index in [-0.39, 0.29) is 23.7 Å². The van der Waals surface area contributed by atoms with Gasteiger partial charge in [0.15, 0.2) is 16.6 Å². The zero-order valence-corrected chi connectivity index (χ0v) is 26.0. The van der Waals surface area contributed by atoms with E-state index in [9.17, 15) is 9.90 Å². The van der Waals surface area contributed by atoms with E-state index in [0.717, 1.165) is 20.9 Å². The normalized spacial score (nSPS) is 11.5. The predicted octanol–water partition coefficient (Wildman–Crippen LogP) is 5.92. The first kappa shape index (κ1) is 31.3. The van der Waals surface area contributed by atoms with E-state index in [1.165, 1.54) is 29.3 Å². The molecule has 0 unspecified atom stereocenters. The Morgan fingerprint density at radius 1 is 1.00 bits per heavy atom. The number of carbonyl (C=O) groups excluding carboxylic acids is 1. The second-order valence-electron chi connectivity index (χ2n) is 10.4. The molecular weight excluding hydrogens is 596 g/mol. The third-order valence-electron chi connectivity index (χ3n) is 7.14. The molecule has 0 aliphatic carbocycles. The van der Waals surface area contributed by atoms with Crippen LogP contribution in [0, 0.1) is 12.7 Å². The molecule has 0 aliphatic rings. The summed E-state index contributed by atoms with van der Waals surface area (Å²) in [7, 11) is 1.93. The summed E-state index contributed by atoms with van der Waals surface area (Å²) in [4.78, 5) is 28.6. The number of carbonyl (C=O) groups is 1. The van der Waals surface area contributed by atoms with Crippen molar-refractivity contribution in [2.75, 3.05) is 38.6 Å². The first-order valence-corrected chi connectivity index (χ1v) is 15.7. The number of pyridine rings is 2. The Hall–Kier alpha value is -4.16. The highest BCUT2D eigenvalue weighted by atomic mass is 32.2. The van der Waals surface area contributed by atoms with Crippen molar-refractivity contribution in [2.45, 2.75) is 21.4 Å². The molecule has 0 saturated heterocycles. The standard InChI is InChI=1S/C33H33FN6O2S2/c1-23-13-15-35-27(19-23)39-32-37-20-28(44-32)43-26-14-16-36-30(29(26)34)31(42)38-21-33(22-40(2)17-18-41,24-9-5-3-6-10-24)25-11-7-4-8-12-25/h3-16,19-20,41H,17-18,21-22H2,1-2H3,(H,38,42)(H,35,37,39). The highest BCUT2D eigenvalue weighted by Gasteiger charge is 2.36. The van der Waals surface area contributed by atoms with E-state index >= 15 is 4.39 Å². The molecule has 0 fully saturated rings. The van der Waals surface area contributed by atoms with Crippen molar-refractivity contribution in [3.8, 4) is 0 Å². The van der Waals surface area contributed by atoms with Crippen molar-refractivity contribution >= 4 is 40.0 Å². The molecule has 0 aliphatic heterocycles. The van der Waals surface area contributed by atoms with Crippen molar-refractivity contribution in [3.63, 3.8) is 0 Å². The first-order chi connectivity index (χ1) is 21.4. The number of benzene rings is 2. The van der Waals surface area contributed by atoms with Crippen LogP contribution in [0.5, 0.6) is 0 Å². The molecule has 0 saturated carbocycles. The average Bonchev–Trinajstić information content (AvgIpc) is 3.47. The smallest absolute Gasteiger partial charge is 0.273 e. The minimum Gasteiger partial charge on any atom is -0.395 e. The van der Waals surface area contributed by atoms with Gasteiger partial charge in [0.05, 0.1) is 27.3 Å². The fourth-order valence-corrected chi connectivity index (χ4v) is 6.87. The van der Waals surface area contributed by atoms with Crippen molar-refractivity contribution in [1.29, 1.82) is 0 Å². The fourth-order valence-electron chi connectivity index (χ4n) is 5.00. The van der Waals surface area contributed by atoms with Gasteiger partial charge in [-0.1, -0.05) is 83.8 Å². The van der Waals surface area contributed by atoms with Gasteiger partial charge >= 0.3 is 0 Å². The van der Waals surface area contributed by atoms with E-state index in [4.69, 9.17) is 0 Å². The molecule has 8 nitrogen and oxygen atoms in total. The Bertz CT molecular complexity index is 1650. The molecule has 0 spiro atoms. The Morgan fingerprint density at radius 2 is 1.68 bits per heavy atom. The van der Waals surface area contributed by atoms with Crippen molar-refractivity contribution in [2.24, 2.45) is 0 Å². The number of anilines is 2. The lowest BCUT2D eigenvalue weighted by Gasteiger charge is -2.38. The summed E-state index contributed by atoms with van der Waals surface area (Å²) >= 11 is 2.54. The van der Waals surface area contributed by atoms with Crippen LogP contribution in [0.4, 0.5) is 15.3 Å². The highest BCUT2D eigenvalue weighted by molar-refractivity contribution is 8.01. The Balaban J connectivity index is 1.37. The molecule has 11 heteroatoms. The number of aryl methyl sites for hydroxylation is 1. The summed E-state index contributed by atoms with van der Waals surface area (Å²) in [5.41, 5.74) is 2.10. The maximum atomic E-state index is 15.8. The first-order valence-electron chi connectivity index (χ1n) is 14.0. The maximum Gasteiger partial charge on any atom is 0.273 e. The van der Waals surface area contributed by atoms with Gasteiger partial charge in [0, 0.05) is 32.0 Å². The minimum absolute atomic E-state index is 0.00222. The molecule has 226 valence electrons. The number of aliphatic hydroxyl groups is 1. The molecule has 3 N–H and O–H groups in total. The zero-order chi connectivity index (χ0) is 30.9. The van der Waals surface area contributed by atoms with Gasteiger partial charge in [0.2, 0.25) is 0 Å². The molecule has 5 rings (SSSR count).